The van der Waals surface area contributed by atoms with E-state index in [9.17, 15) is 9.18 Å². The second-order valence-electron chi connectivity index (χ2n) is 4.79. The first-order valence-electron chi connectivity index (χ1n) is 5.13. The number of nitrogens with one attached hydrogen (secondary N) is 2. The number of carbonyl (C=O) groups is 1. The Bertz CT molecular complexity index is 396. The van der Waals surface area contributed by atoms with Crippen molar-refractivity contribution >= 4 is 11.7 Å². The Morgan fingerprint density at radius 1 is 1.31 bits per heavy atom. The number of anilines is 1. The third kappa shape index (κ3) is 3.88. The van der Waals surface area contributed by atoms with Gasteiger partial charge in [-0.2, -0.15) is 0 Å². The standard InChI is InChI=1S/C12H17FN2O/c1-8-7-9(5-6-10(8)13)14-11(16)15-12(2,3)4/h5-7H,1-4H3,(H2,14,15,16). The second-order valence-corrected chi connectivity index (χ2v) is 4.79. The van der Waals surface area contributed by atoms with Gasteiger partial charge in [-0.25, -0.2) is 9.18 Å². The van der Waals surface area contributed by atoms with Crippen LogP contribution in [-0.4, -0.2) is 11.6 Å². The molecule has 0 atom stereocenters. The quantitative estimate of drug-likeness (QED) is 0.756. The summed E-state index contributed by atoms with van der Waals surface area (Å²) in [6.45, 7) is 7.33. The number of hydrogen-bond acceptors (Lipinski definition) is 1. The zero-order chi connectivity index (χ0) is 12.3. The van der Waals surface area contributed by atoms with Crippen molar-refractivity contribution < 1.29 is 9.18 Å². The Hall–Kier alpha value is -1.58. The lowest BCUT2D eigenvalue weighted by atomic mass is 10.1. The van der Waals surface area contributed by atoms with Crippen LogP contribution in [0.2, 0.25) is 0 Å². The molecule has 0 fully saturated rings. The molecule has 0 bridgehead atoms. The zero-order valence-corrected chi connectivity index (χ0v) is 10.0. The summed E-state index contributed by atoms with van der Waals surface area (Å²) in [5.41, 5.74) is 0.799. The summed E-state index contributed by atoms with van der Waals surface area (Å²) in [4.78, 5) is 11.5. The molecule has 0 radical (unpaired) electrons. The van der Waals surface area contributed by atoms with E-state index in [1.807, 2.05) is 20.8 Å². The van der Waals surface area contributed by atoms with Crippen molar-refractivity contribution in [2.45, 2.75) is 33.2 Å². The molecule has 0 heterocycles. The number of halogens is 1. The molecule has 0 saturated heterocycles. The zero-order valence-electron chi connectivity index (χ0n) is 10.0. The lowest BCUT2D eigenvalue weighted by Gasteiger charge is -2.20. The number of aryl methyl sites for hydroxylation is 1. The Kier molecular flexibility index (Phi) is 3.52. The summed E-state index contributed by atoms with van der Waals surface area (Å²) < 4.78 is 13.0. The van der Waals surface area contributed by atoms with Crippen LogP contribution in [0.5, 0.6) is 0 Å². The SMILES string of the molecule is Cc1cc(NC(=O)NC(C)(C)C)ccc1F. The normalized spacial score (nSPS) is 11.1. The third-order valence-electron chi connectivity index (χ3n) is 1.90. The first kappa shape index (κ1) is 12.5. The highest BCUT2D eigenvalue weighted by Crippen LogP contribution is 2.13. The minimum atomic E-state index is -0.293. The molecule has 2 amide bonds. The van der Waals surface area contributed by atoms with Crippen LogP contribution in [0.3, 0.4) is 0 Å². The Morgan fingerprint density at radius 2 is 1.94 bits per heavy atom. The fourth-order valence-electron chi connectivity index (χ4n) is 1.23. The molecular formula is C12H17FN2O. The first-order chi connectivity index (χ1) is 7.28. The number of hydrogen-bond donors (Lipinski definition) is 2. The van der Waals surface area contributed by atoms with E-state index in [1.54, 1.807) is 13.0 Å². The average molecular weight is 224 g/mol. The number of benzene rings is 1. The van der Waals surface area contributed by atoms with Crippen LogP contribution < -0.4 is 10.6 Å². The van der Waals surface area contributed by atoms with Crippen LogP contribution >= 0.6 is 0 Å². The van der Waals surface area contributed by atoms with E-state index in [2.05, 4.69) is 10.6 Å². The van der Waals surface area contributed by atoms with Crippen molar-refractivity contribution in [3.05, 3.63) is 29.6 Å². The largest absolute Gasteiger partial charge is 0.333 e. The molecule has 1 rings (SSSR count). The van der Waals surface area contributed by atoms with Crippen molar-refractivity contribution in [2.24, 2.45) is 0 Å². The summed E-state index contributed by atoms with van der Waals surface area (Å²) in [7, 11) is 0. The van der Waals surface area contributed by atoms with E-state index in [4.69, 9.17) is 0 Å². The minimum absolute atomic E-state index is 0.276. The number of amides is 2. The van der Waals surface area contributed by atoms with E-state index in [0.717, 1.165) is 0 Å². The molecule has 0 aliphatic rings. The van der Waals surface area contributed by atoms with E-state index in [0.29, 0.717) is 11.3 Å². The Labute approximate surface area is 95.0 Å². The summed E-state index contributed by atoms with van der Waals surface area (Å²) in [5, 5.41) is 5.41. The van der Waals surface area contributed by atoms with Crippen LogP contribution in [0.25, 0.3) is 0 Å². The molecule has 0 aromatic heterocycles. The van der Waals surface area contributed by atoms with E-state index in [-0.39, 0.29) is 17.4 Å². The van der Waals surface area contributed by atoms with Crippen LogP contribution in [0.15, 0.2) is 18.2 Å². The highest BCUT2D eigenvalue weighted by Gasteiger charge is 2.13. The van der Waals surface area contributed by atoms with Crippen molar-refractivity contribution in [3.8, 4) is 0 Å². The van der Waals surface area contributed by atoms with Gasteiger partial charge < -0.3 is 10.6 Å². The van der Waals surface area contributed by atoms with Gasteiger partial charge in [-0.1, -0.05) is 0 Å². The Morgan fingerprint density at radius 3 is 2.44 bits per heavy atom. The van der Waals surface area contributed by atoms with Gasteiger partial charge in [-0.05, 0) is 51.5 Å². The molecule has 3 nitrogen and oxygen atoms in total. The van der Waals surface area contributed by atoms with Gasteiger partial charge in [0.1, 0.15) is 5.82 Å². The summed E-state index contributed by atoms with van der Waals surface area (Å²) in [6.07, 6.45) is 0. The van der Waals surface area contributed by atoms with Crippen LogP contribution in [0, 0.1) is 12.7 Å². The van der Waals surface area contributed by atoms with Gasteiger partial charge in [0.05, 0.1) is 0 Å². The highest BCUT2D eigenvalue weighted by molar-refractivity contribution is 5.89. The highest BCUT2D eigenvalue weighted by atomic mass is 19.1. The molecule has 0 saturated carbocycles. The van der Waals surface area contributed by atoms with Gasteiger partial charge in [0, 0.05) is 11.2 Å². The van der Waals surface area contributed by atoms with Crippen LogP contribution in [0.4, 0.5) is 14.9 Å². The maximum Gasteiger partial charge on any atom is 0.319 e. The van der Waals surface area contributed by atoms with Gasteiger partial charge in [0.25, 0.3) is 0 Å². The number of rotatable bonds is 1. The topological polar surface area (TPSA) is 41.1 Å². The fourth-order valence-corrected chi connectivity index (χ4v) is 1.23. The molecule has 2 N–H and O–H groups in total. The number of carbonyl (C=O) groups excluding carboxylic acids is 1. The maximum atomic E-state index is 13.0. The third-order valence-corrected chi connectivity index (χ3v) is 1.90. The van der Waals surface area contributed by atoms with Gasteiger partial charge in [-0.15, -0.1) is 0 Å². The molecule has 0 spiro atoms. The average Bonchev–Trinajstić information content (AvgIpc) is 2.08. The Balaban J connectivity index is 2.67. The molecule has 88 valence electrons. The number of urea groups is 1. The predicted octanol–water partition coefficient (Wildman–Crippen LogP) is 3.05. The van der Waals surface area contributed by atoms with Gasteiger partial charge in [0.2, 0.25) is 0 Å². The maximum absolute atomic E-state index is 13.0. The van der Waals surface area contributed by atoms with E-state index >= 15 is 0 Å². The van der Waals surface area contributed by atoms with Crippen LogP contribution in [-0.2, 0) is 0 Å². The lowest BCUT2D eigenvalue weighted by Crippen LogP contribution is -2.43. The molecule has 4 heteroatoms. The van der Waals surface area contributed by atoms with Crippen LogP contribution in [0.1, 0.15) is 26.3 Å². The van der Waals surface area contributed by atoms with E-state index < -0.39 is 0 Å². The molecule has 0 aliphatic heterocycles. The van der Waals surface area contributed by atoms with E-state index in [1.165, 1.54) is 12.1 Å². The summed E-state index contributed by atoms with van der Waals surface area (Å²) in [6, 6.07) is 4.17. The fraction of sp³-hybridized carbons (Fsp3) is 0.417. The first-order valence-corrected chi connectivity index (χ1v) is 5.13. The van der Waals surface area contributed by atoms with Gasteiger partial charge >= 0.3 is 6.03 Å². The second kappa shape index (κ2) is 4.51. The van der Waals surface area contributed by atoms with Crippen molar-refractivity contribution in [2.75, 3.05) is 5.32 Å². The smallest absolute Gasteiger partial charge is 0.319 e. The molecule has 16 heavy (non-hydrogen) atoms. The monoisotopic (exact) mass is 224 g/mol. The van der Waals surface area contributed by atoms with Crippen molar-refractivity contribution in [3.63, 3.8) is 0 Å². The predicted molar refractivity (Wildman–Crippen MR) is 63.0 cm³/mol. The molecule has 0 unspecified atom stereocenters. The molecule has 1 aromatic carbocycles. The summed E-state index contributed by atoms with van der Waals surface area (Å²) >= 11 is 0. The molecule has 1 aromatic rings. The summed E-state index contributed by atoms with van der Waals surface area (Å²) in [5.74, 6) is -0.276. The molecule has 0 aliphatic carbocycles. The molecular weight excluding hydrogens is 207 g/mol. The minimum Gasteiger partial charge on any atom is -0.333 e. The lowest BCUT2D eigenvalue weighted by molar-refractivity contribution is 0.244. The van der Waals surface area contributed by atoms with Gasteiger partial charge in [0.15, 0.2) is 0 Å². The van der Waals surface area contributed by atoms with Crippen molar-refractivity contribution in [1.82, 2.24) is 5.32 Å². The van der Waals surface area contributed by atoms with Gasteiger partial charge in [-0.3, -0.25) is 0 Å². The van der Waals surface area contributed by atoms with Crippen molar-refractivity contribution in [1.29, 1.82) is 0 Å².